The van der Waals surface area contributed by atoms with Crippen molar-refractivity contribution in [2.75, 3.05) is 19.6 Å². The molecule has 3 heterocycles. The van der Waals surface area contributed by atoms with Crippen LogP contribution in [0.15, 0.2) is 36.5 Å². The molecule has 0 spiro atoms. The summed E-state index contributed by atoms with van der Waals surface area (Å²) >= 11 is 0. The van der Waals surface area contributed by atoms with Gasteiger partial charge in [-0.05, 0) is 31.5 Å². The number of nitrogens with one attached hydrogen (secondary N) is 1. The summed E-state index contributed by atoms with van der Waals surface area (Å²) in [5.41, 5.74) is 0.555. The maximum atomic E-state index is 13.9. The number of aromatic nitrogens is 3. The molecule has 0 amide bonds. The molecule has 2 aromatic heterocycles. The summed E-state index contributed by atoms with van der Waals surface area (Å²) in [5, 5.41) is 7.76. The fraction of sp³-hybridized carbons (Fsp3) is 0.368. The molecule has 7 heteroatoms. The van der Waals surface area contributed by atoms with Gasteiger partial charge in [0.1, 0.15) is 17.2 Å². The van der Waals surface area contributed by atoms with Crippen molar-refractivity contribution >= 4 is 11.0 Å². The van der Waals surface area contributed by atoms with E-state index < -0.39 is 5.82 Å². The van der Waals surface area contributed by atoms with Gasteiger partial charge in [-0.1, -0.05) is 19.1 Å². The van der Waals surface area contributed by atoms with Gasteiger partial charge in [-0.25, -0.2) is 9.37 Å². The Balaban J connectivity index is 1.59. The highest BCUT2D eigenvalue weighted by molar-refractivity contribution is 5.87. The van der Waals surface area contributed by atoms with Crippen molar-refractivity contribution in [3.8, 4) is 17.4 Å². The summed E-state index contributed by atoms with van der Waals surface area (Å²) in [4.78, 5) is 6.66. The Morgan fingerprint density at radius 3 is 2.77 bits per heavy atom. The monoisotopic (exact) mass is 356 g/mol. The Hall–Kier alpha value is -2.67. The lowest BCUT2D eigenvalue weighted by atomic mass is 10.1. The fourth-order valence-electron chi connectivity index (χ4n) is 3.21. The van der Waals surface area contributed by atoms with Crippen molar-refractivity contribution < 1.29 is 13.9 Å². The molecule has 0 saturated carbocycles. The molecule has 0 atom stereocenters. The molecule has 0 radical (unpaired) electrons. The Bertz CT molecular complexity index is 890. The summed E-state index contributed by atoms with van der Waals surface area (Å²) in [6.07, 6.45) is 3.60. The number of nitrogens with zero attached hydrogens (tertiary/aromatic N) is 3. The van der Waals surface area contributed by atoms with Crippen molar-refractivity contribution in [3.63, 3.8) is 0 Å². The Labute approximate surface area is 150 Å². The molecule has 1 N–H and O–H groups in total. The first-order chi connectivity index (χ1) is 12.7. The first kappa shape index (κ1) is 16.8. The van der Waals surface area contributed by atoms with Gasteiger partial charge in [-0.2, -0.15) is 0 Å². The normalized spacial score (nSPS) is 16.1. The van der Waals surface area contributed by atoms with E-state index in [0.29, 0.717) is 22.7 Å². The number of rotatable bonds is 5. The second-order valence-electron chi connectivity index (χ2n) is 6.35. The highest BCUT2D eigenvalue weighted by Gasteiger charge is 2.23. The van der Waals surface area contributed by atoms with Gasteiger partial charge in [-0.15, -0.1) is 5.10 Å². The topological polar surface area (TPSA) is 63.3 Å². The van der Waals surface area contributed by atoms with Crippen LogP contribution < -0.4 is 9.47 Å². The van der Waals surface area contributed by atoms with Crippen molar-refractivity contribution in [1.29, 1.82) is 0 Å². The minimum absolute atomic E-state index is 0.103. The van der Waals surface area contributed by atoms with E-state index in [1.165, 1.54) is 6.07 Å². The average Bonchev–Trinajstić information content (AvgIpc) is 3.08. The lowest BCUT2D eigenvalue weighted by molar-refractivity contribution is 0.101. The zero-order valence-electron chi connectivity index (χ0n) is 14.6. The first-order valence-corrected chi connectivity index (χ1v) is 8.89. The molecule has 1 fully saturated rings. The van der Waals surface area contributed by atoms with Gasteiger partial charge in [-0.3, -0.25) is 5.10 Å². The minimum Gasteiger partial charge on any atom is -0.473 e. The third-order valence-corrected chi connectivity index (χ3v) is 4.71. The number of halogens is 1. The number of likely N-dealkylation sites (tertiary alicyclic amines) is 1. The maximum Gasteiger partial charge on any atom is 0.246 e. The van der Waals surface area contributed by atoms with Crippen LogP contribution in [0, 0.1) is 5.82 Å². The number of benzene rings is 1. The van der Waals surface area contributed by atoms with Crippen LogP contribution >= 0.6 is 0 Å². The molecule has 0 aliphatic carbocycles. The lowest BCUT2D eigenvalue weighted by Crippen LogP contribution is -2.38. The van der Waals surface area contributed by atoms with Crippen LogP contribution in [0.2, 0.25) is 0 Å². The maximum absolute atomic E-state index is 13.9. The van der Waals surface area contributed by atoms with Crippen LogP contribution in [0.25, 0.3) is 11.0 Å². The number of hydrogen-bond acceptors (Lipinski definition) is 5. The van der Waals surface area contributed by atoms with Crippen LogP contribution in [-0.4, -0.2) is 45.8 Å². The number of para-hydroxylation sites is 1. The SMILES string of the molecule is CCN1CCC(Oc2n[nH]c3nccc(Oc4ccccc4F)c23)CC1. The molecule has 0 bridgehead atoms. The van der Waals surface area contributed by atoms with Gasteiger partial charge >= 0.3 is 0 Å². The summed E-state index contributed by atoms with van der Waals surface area (Å²) in [6.45, 7) is 5.25. The highest BCUT2D eigenvalue weighted by Crippen LogP contribution is 2.35. The molecule has 1 aliphatic heterocycles. The molecule has 0 unspecified atom stereocenters. The number of aromatic amines is 1. The van der Waals surface area contributed by atoms with E-state index in [1.807, 2.05) is 0 Å². The predicted octanol–water partition coefficient (Wildman–Crippen LogP) is 3.75. The quantitative estimate of drug-likeness (QED) is 0.754. The van der Waals surface area contributed by atoms with Gasteiger partial charge in [0.15, 0.2) is 17.2 Å². The fourth-order valence-corrected chi connectivity index (χ4v) is 3.21. The van der Waals surface area contributed by atoms with Crippen LogP contribution in [0.5, 0.6) is 17.4 Å². The third-order valence-electron chi connectivity index (χ3n) is 4.71. The van der Waals surface area contributed by atoms with E-state index in [4.69, 9.17) is 9.47 Å². The molecule has 1 aliphatic rings. The van der Waals surface area contributed by atoms with Crippen LogP contribution in [0.3, 0.4) is 0 Å². The Morgan fingerprint density at radius 2 is 2.00 bits per heavy atom. The summed E-state index contributed by atoms with van der Waals surface area (Å²) < 4.78 is 25.9. The third kappa shape index (κ3) is 3.35. The average molecular weight is 356 g/mol. The zero-order valence-corrected chi connectivity index (χ0v) is 14.6. The van der Waals surface area contributed by atoms with Crippen LogP contribution in [0.4, 0.5) is 4.39 Å². The molecule has 26 heavy (non-hydrogen) atoms. The van der Waals surface area contributed by atoms with E-state index in [-0.39, 0.29) is 11.9 Å². The zero-order chi connectivity index (χ0) is 17.9. The van der Waals surface area contributed by atoms with Crippen molar-refractivity contribution in [2.24, 2.45) is 0 Å². The van der Waals surface area contributed by atoms with Gasteiger partial charge in [0.2, 0.25) is 5.88 Å². The lowest BCUT2D eigenvalue weighted by Gasteiger charge is -2.30. The standard InChI is InChI=1S/C19H21FN4O2/c1-2-24-11-8-13(9-12-24)25-19-17-16(7-10-21-18(17)22-23-19)26-15-6-4-3-5-14(15)20/h3-7,10,13H,2,8-9,11-12H2,1H3,(H,21,22,23). The molecular weight excluding hydrogens is 335 g/mol. The van der Waals surface area contributed by atoms with E-state index in [9.17, 15) is 4.39 Å². The highest BCUT2D eigenvalue weighted by atomic mass is 19.1. The van der Waals surface area contributed by atoms with Gasteiger partial charge in [0.05, 0.1) is 0 Å². The summed E-state index contributed by atoms with van der Waals surface area (Å²) in [7, 11) is 0. The largest absolute Gasteiger partial charge is 0.473 e. The molecule has 1 saturated heterocycles. The number of H-pyrrole nitrogens is 1. The summed E-state index contributed by atoms with van der Waals surface area (Å²) in [6, 6.07) is 7.99. The van der Waals surface area contributed by atoms with E-state index in [0.717, 1.165) is 32.5 Å². The van der Waals surface area contributed by atoms with Gasteiger partial charge < -0.3 is 14.4 Å². The second kappa shape index (κ2) is 7.29. The van der Waals surface area contributed by atoms with Crippen molar-refractivity contribution in [3.05, 3.63) is 42.3 Å². The van der Waals surface area contributed by atoms with Gasteiger partial charge in [0, 0.05) is 25.4 Å². The second-order valence-corrected chi connectivity index (χ2v) is 6.35. The van der Waals surface area contributed by atoms with E-state index >= 15 is 0 Å². The molecular formula is C19H21FN4O2. The smallest absolute Gasteiger partial charge is 0.246 e. The minimum atomic E-state index is -0.421. The Morgan fingerprint density at radius 1 is 1.19 bits per heavy atom. The Kier molecular flexibility index (Phi) is 4.71. The number of piperidine rings is 1. The number of fused-ring (bicyclic) bond motifs is 1. The number of pyridine rings is 1. The van der Waals surface area contributed by atoms with Crippen LogP contribution in [-0.2, 0) is 0 Å². The van der Waals surface area contributed by atoms with Crippen molar-refractivity contribution in [1.82, 2.24) is 20.1 Å². The van der Waals surface area contributed by atoms with Gasteiger partial charge in [0.25, 0.3) is 0 Å². The molecule has 136 valence electrons. The molecule has 1 aromatic carbocycles. The summed E-state index contributed by atoms with van der Waals surface area (Å²) in [5.74, 6) is 0.656. The number of hydrogen-bond donors (Lipinski definition) is 1. The number of ether oxygens (including phenoxy) is 2. The molecule has 6 nitrogen and oxygen atoms in total. The molecule has 3 aromatic rings. The predicted molar refractivity (Wildman–Crippen MR) is 96.1 cm³/mol. The van der Waals surface area contributed by atoms with Crippen LogP contribution in [0.1, 0.15) is 19.8 Å². The molecule has 4 rings (SSSR count). The van der Waals surface area contributed by atoms with E-state index in [1.54, 1.807) is 30.5 Å². The van der Waals surface area contributed by atoms with Crippen molar-refractivity contribution in [2.45, 2.75) is 25.9 Å². The van der Waals surface area contributed by atoms with E-state index in [2.05, 4.69) is 27.0 Å². The first-order valence-electron chi connectivity index (χ1n) is 8.89.